The maximum absolute atomic E-state index is 12.6. The second-order valence-electron chi connectivity index (χ2n) is 10.0. The van der Waals surface area contributed by atoms with E-state index in [-0.39, 0.29) is 11.9 Å². The Labute approximate surface area is 218 Å². The monoisotopic (exact) mass is 511 g/mol. The molecule has 2 aromatic rings. The van der Waals surface area contributed by atoms with E-state index in [0.29, 0.717) is 23.6 Å². The van der Waals surface area contributed by atoms with Gasteiger partial charge in [-0.3, -0.25) is 9.69 Å². The van der Waals surface area contributed by atoms with Gasteiger partial charge in [-0.25, -0.2) is 14.8 Å². The third-order valence-electron chi connectivity index (χ3n) is 5.96. The van der Waals surface area contributed by atoms with Gasteiger partial charge in [-0.15, -0.1) is 0 Å². The molecule has 3 rings (SSSR count). The quantitative estimate of drug-likeness (QED) is 0.460. The van der Waals surface area contributed by atoms with Crippen molar-refractivity contribution >= 4 is 35.5 Å². The van der Waals surface area contributed by atoms with Crippen molar-refractivity contribution in [3.8, 4) is 5.88 Å². The zero-order valence-corrected chi connectivity index (χ0v) is 22.5. The Kier molecular flexibility index (Phi) is 8.90. The van der Waals surface area contributed by atoms with Crippen molar-refractivity contribution in [3.63, 3.8) is 0 Å². The molecule has 0 unspecified atom stereocenters. The van der Waals surface area contributed by atoms with Crippen molar-refractivity contribution in [2.75, 3.05) is 31.8 Å². The van der Waals surface area contributed by atoms with E-state index in [4.69, 9.17) is 9.47 Å². The number of likely N-dealkylation sites (N-methyl/N-ethyl adjacent to an activating group) is 1. The van der Waals surface area contributed by atoms with Gasteiger partial charge in [0.25, 0.3) is 0 Å². The molecule has 0 spiro atoms. The molecule has 3 N–H and O–H groups in total. The first-order valence-electron chi connectivity index (χ1n) is 12.2. The summed E-state index contributed by atoms with van der Waals surface area (Å²) in [6, 6.07) is 3.06. The van der Waals surface area contributed by atoms with E-state index in [9.17, 15) is 9.59 Å². The molecule has 2 heterocycles. The summed E-state index contributed by atoms with van der Waals surface area (Å²) < 4.78 is 10.5. The van der Waals surface area contributed by atoms with Crippen LogP contribution in [-0.2, 0) is 9.53 Å². The lowest BCUT2D eigenvalue weighted by Gasteiger charge is -2.36. The zero-order chi connectivity index (χ0) is 27.2. The molecule has 1 aliphatic carbocycles. The lowest BCUT2D eigenvalue weighted by atomic mass is 9.79. The van der Waals surface area contributed by atoms with E-state index < -0.39 is 17.7 Å². The van der Waals surface area contributed by atoms with Gasteiger partial charge in [0.15, 0.2) is 0 Å². The number of allylic oxidation sites excluding steroid dienone is 1. The summed E-state index contributed by atoms with van der Waals surface area (Å²) in [6.45, 7) is 7.07. The number of methoxy groups -OCH3 is 1. The number of ether oxygens (including phenoxy) is 2. The van der Waals surface area contributed by atoms with Crippen LogP contribution in [0.3, 0.4) is 0 Å². The third kappa shape index (κ3) is 7.80. The summed E-state index contributed by atoms with van der Waals surface area (Å²) in [4.78, 5) is 39.3. The number of anilines is 3. The number of nitrogens with zero attached hydrogens (tertiary/aromatic N) is 4. The maximum Gasteiger partial charge on any atom is 0.410 e. The van der Waals surface area contributed by atoms with E-state index in [1.165, 1.54) is 4.90 Å². The first-order chi connectivity index (χ1) is 17.5. The number of rotatable bonds is 9. The average molecular weight is 512 g/mol. The lowest BCUT2D eigenvalue weighted by molar-refractivity contribution is -0.126. The van der Waals surface area contributed by atoms with Gasteiger partial charge in [-0.2, -0.15) is 4.98 Å². The van der Waals surface area contributed by atoms with E-state index in [0.717, 1.165) is 24.1 Å². The SMILES string of the molecule is CNc1ncc(C=C[C@H]2C[C@@H](NC(=O)[C@H](C)N(C)C(=O)OC(C)(C)C)C2)c(Nc2ccc(OC)nc2)n1. The number of aromatic nitrogens is 3. The predicted molar refractivity (Wildman–Crippen MR) is 143 cm³/mol. The highest BCUT2D eigenvalue weighted by molar-refractivity contribution is 5.85. The van der Waals surface area contributed by atoms with Crippen molar-refractivity contribution in [1.29, 1.82) is 0 Å². The van der Waals surface area contributed by atoms with E-state index in [2.05, 4.69) is 37.0 Å². The zero-order valence-electron chi connectivity index (χ0n) is 22.5. The Morgan fingerprint density at radius 3 is 2.51 bits per heavy atom. The normalized spacial score (nSPS) is 17.9. The molecule has 11 nitrogen and oxygen atoms in total. The van der Waals surface area contributed by atoms with Crippen molar-refractivity contribution in [2.24, 2.45) is 5.92 Å². The van der Waals surface area contributed by atoms with Crippen LogP contribution >= 0.6 is 0 Å². The van der Waals surface area contributed by atoms with Crippen LogP contribution in [0.25, 0.3) is 6.08 Å². The standard InChI is InChI=1S/C26H37N7O4/c1-16(33(6)25(35)37-26(2,3)4)23(34)31-20-12-17(13-20)8-9-18-14-29-24(27-5)32-22(18)30-19-10-11-21(36-7)28-15-19/h8-11,14-17,20H,12-13H2,1-7H3,(H,31,34)(H2,27,29,30,32)/t16-,17-,20+/m0/s1. The molecular weight excluding hydrogens is 474 g/mol. The topological polar surface area (TPSA) is 131 Å². The van der Waals surface area contributed by atoms with Gasteiger partial charge < -0.3 is 25.4 Å². The highest BCUT2D eigenvalue weighted by atomic mass is 16.6. The molecule has 0 aliphatic heterocycles. The summed E-state index contributed by atoms with van der Waals surface area (Å²) in [6.07, 6.45) is 8.62. The van der Waals surface area contributed by atoms with Crippen molar-refractivity contribution in [3.05, 3.63) is 36.2 Å². The second kappa shape index (κ2) is 11.9. The van der Waals surface area contributed by atoms with Gasteiger partial charge in [-0.05, 0) is 52.5 Å². The number of carbonyl (C=O) groups is 2. The highest BCUT2D eigenvalue weighted by Crippen LogP contribution is 2.30. The molecule has 0 radical (unpaired) electrons. The molecule has 1 atom stereocenters. The van der Waals surface area contributed by atoms with Crippen LogP contribution in [0, 0.1) is 5.92 Å². The molecule has 2 amide bonds. The average Bonchev–Trinajstić information content (AvgIpc) is 2.84. The van der Waals surface area contributed by atoms with Gasteiger partial charge in [0.2, 0.25) is 17.7 Å². The summed E-state index contributed by atoms with van der Waals surface area (Å²) in [5.41, 5.74) is 0.983. The Morgan fingerprint density at radius 2 is 1.92 bits per heavy atom. The Morgan fingerprint density at radius 1 is 1.19 bits per heavy atom. The molecule has 200 valence electrons. The number of nitrogens with one attached hydrogen (secondary N) is 3. The van der Waals surface area contributed by atoms with Gasteiger partial charge in [0, 0.05) is 38.0 Å². The first kappa shape index (κ1) is 27.7. The number of pyridine rings is 1. The van der Waals surface area contributed by atoms with Crippen LogP contribution in [0.15, 0.2) is 30.6 Å². The van der Waals surface area contributed by atoms with Crippen molar-refractivity contribution in [2.45, 2.75) is 58.2 Å². The minimum absolute atomic E-state index is 0.0579. The van der Waals surface area contributed by atoms with Crippen molar-refractivity contribution < 1.29 is 19.1 Å². The molecule has 0 aromatic carbocycles. The molecule has 2 aromatic heterocycles. The predicted octanol–water partition coefficient (Wildman–Crippen LogP) is 3.83. The number of amides is 2. The Balaban J connectivity index is 1.55. The minimum atomic E-state index is -0.631. The summed E-state index contributed by atoms with van der Waals surface area (Å²) in [5, 5.41) is 9.26. The van der Waals surface area contributed by atoms with Gasteiger partial charge in [-0.1, -0.05) is 12.2 Å². The lowest BCUT2D eigenvalue weighted by Crippen LogP contribution is -2.52. The van der Waals surface area contributed by atoms with E-state index in [1.807, 2.05) is 12.1 Å². The third-order valence-corrected chi connectivity index (χ3v) is 5.96. The fraction of sp³-hybridized carbons (Fsp3) is 0.500. The minimum Gasteiger partial charge on any atom is -0.481 e. The van der Waals surface area contributed by atoms with Crippen LogP contribution in [0.2, 0.25) is 0 Å². The first-order valence-corrected chi connectivity index (χ1v) is 12.2. The summed E-state index contributed by atoms with van der Waals surface area (Å²) in [7, 11) is 4.90. The number of hydrogen-bond acceptors (Lipinski definition) is 9. The summed E-state index contributed by atoms with van der Waals surface area (Å²) in [5.74, 6) is 1.78. The molecule has 1 fully saturated rings. The molecule has 0 bridgehead atoms. The van der Waals surface area contributed by atoms with Gasteiger partial charge >= 0.3 is 6.09 Å². The van der Waals surface area contributed by atoms with Gasteiger partial charge in [0.1, 0.15) is 17.5 Å². The number of carbonyl (C=O) groups excluding carboxylic acids is 2. The Hall–Kier alpha value is -3.89. The van der Waals surface area contributed by atoms with Crippen LogP contribution < -0.4 is 20.7 Å². The molecule has 0 saturated heterocycles. The molecule has 1 saturated carbocycles. The van der Waals surface area contributed by atoms with Crippen LogP contribution in [0.4, 0.5) is 22.2 Å². The molecule has 37 heavy (non-hydrogen) atoms. The number of hydrogen-bond donors (Lipinski definition) is 3. The second-order valence-corrected chi connectivity index (χ2v) is 10.0. The summed E-state index contributed by atoms with van der Waals surface area (Å²) >= 11 is 0. The van der Waals surface area contributed by atoms with Crippen LogP contribution in [-0.4, -0.2) is 70.7 Å². The molecule has 1 aliphatic rings. The highest BCUT2D eigenvalue weighted by Gasteiger charge is 2.32. The maximum atomic E-state index is 12.6. The van der Waals surface area contributed by atoms with E-state index >= 15 is 0 Å². The largest absolute Gasteiger partial charge is 0.481 e. The van der Waals surface area contributed by atoms with Crippen LogP contribution in [0.1, 0.15) is 46.1 Å². The van der Waals surface area contributed by atoms with Gasteiger partial charge in [0.05, 0.1) is 19.0 Å². The fourth-order valence-corrected chi connectivity index (χ4v) is 3.61. The van der Waals surface area contributed by atoms with Crippen LogP contribution in [0.5, 0.6) is 5.88 Å². The molecule has 11 heteroatoms. The van der Waals surface area contributed by atoms with Crippen molar-refractivity contribution in [1.82, 2.24) is 25.2 Å². The Bertz CT molecular complexity index is 1110. The van der Waals surface area contributed by atoms with E-state index in [1.54, 1.807) is 67.4 Å². The smallest absolute Gasteiger partial charge is 0.410 e. The molecular formula is C26H37N7O4. The fourth-order valence-electron chi connectivity index (χ4n) is 3.61.